The third kappa shape index (κ3) is 4.08. The highest BCUT2D eigenvalue weighted by Gasteiger charge is 2.48. The van der Waals surface area contributed by atoms with Crippen LogP contribution in [0.4, 0.5) is 25.1 Å². The Morgan fingerprint density at radius 2 is 1.63 bits per heavy atom. The topological polar surface area (TPSA) is 86.7 Å². The van der Waals surface area contributed by atoms with Gasteiger partial charge in [-0.05, 0) is 30.3 Å². The second-order valence-corrected chi connectivity index (χ2v) is 7.89. The molecule has 10 heteroatoms. The molecule has 0 aliphatic carbocycles. The smallest absolute Gasteiger partial charge is 0.310 e. The average Bonchev–Trinajstić information content (AvgIpc) is 2.86. The molecule has 0 N–H and O–H groups in total. The maximum atomic E-state index is 15.0. The van der Waals surface area contributed by atoms with Gasteiger partial charge >= 0.3 is 6.03 Å². The van der Waals surface area contributed by atoms with Crippen LogP contribution < -0.4 is 9.80 Å². The van der Waals surface area contributed by atoms with Crippen molar-refractivity contribution in [3.8, 4) is 11.8 Å². The Hall–Kier alpha value is -4.65. The summed E-state index contributed by atoms with van der Waals surface area (Å²) in [5.41, 5.74) is -0.0685. The summed E-state index contributed by atoms with van der Waals surface area (Å²) in [6.45, 7) is 0.173. The van der Waals surface area contributed by atoms with E-state index >= 15 is 0 Å². The van der Waals surface area contributed by atoms with Crippen molar-refractivity contribution in [2.75, 3.05) is 22.9 Å². The molecule has 0 bridgehead atoms. The van der Waals surface area contributed by atoms with Crippen molar-refractivity contribution in [2.24, 2.45) is 0 Å². The fraction of sp³-hybridized carbons (Fsp3) is 0.160. The van der Waals surface area contributed by atoms with Crippen molar-refractivity contribution < 1.29 is 23.2 Å². The zero-order valence-electron chi connectivity index (χ0n) is 18.2. The van der Waals surface area contributed by atoms with E-state index in [0.717, 1.165) is 17.0 Å². The summed E-state index contributed by atoms with van der Waals surface area (Å²) in [4.78, 5) is 49.8. The van der Waals surface area contributed by atoms with Crippen molar-refractivity contribution in [1.29, 1.82) is 0 Å². The molecule has 3 heterocycles. The number of anilines is 2. The lowest BCUT2D eigenvalue weighted by molar-refractivity contribution is -0.131. The number of carbonyl (C=O) groups is 3. The molecule has 174 valence electrons. The fourth-order valence-electron chi connectivity index (χ4n) is 4.11. The normalized spacial score (nSPS) is 17.7. The van der Waals surface area contributed by atoms with Crippen LogP contribution in [0, 0.1) is 23.5 Å². The highest BCUT2D eigenvalue weighted by atomic mass is 19.1. The Bertz CT molecular complexity index is 1370. The molecule has 3 aromatic rings. The molecule has 35 heavy (non-hydrogen) atoms. The Balaban J connectivity index is 1.41. The predicted octanol–water partition coefficient (Wildman–Crippen LogP) is 2.73. The van der Waals surface area contributed by atoms with Gasteiger partial charge in [-0.3, -0.25) is 14.5 Å². The molecule has 8 nitrogen and oxygen atoms in total. The molecule has 1 unspecified atom stereocenters. The number of aromatic nitrogens is 2. The summed E-state index contributed by atoms with van der Waals surface area (Å²) in [6.07, 6.45) is 2.34. The summed E-state index contributed by atoms with van der Waals surface area (Å²) < 4.78 is 30.0. The van der Waals surface area contributed by atoms with Gasteiger partial charge in [-0.15, -0.1) is 0 Å². The lowest BCUT2D eigenvalue weighted by Gasteiger charge is -2.44. The number of imide groups is 1. The molecule has 1 aromatic heterocycles. The molecule has 4 amide bonds. The Morgan fingerprint density at radius 3 is 2.31 bits per heavy atom. The summed E-state index contributed by atoms with van der Waals surface area (Å²) in [7, 11) is 0. The number of piperazine rings is 1. The second-order valence-electron chi connectivity index (χ2n) is 7.89. The van der Waals surface area contributed by atoms with Gasteiger partial charge in [0.2, 0.25) is 5.91 Å². The largest absolute Gasteiger partial charge is 0.332 e. The maximum absolute atomic E-state index is 15.0. The van der Waals surface area contributed by atoms with Crippen molar-refractivity contribution in [2.45, 2.75) is 12.5 Å². The number of fused-ring (bicyclic) bond motifs is 1. The Morgan fingerprint density at radius 1 is 0.914 bits per heavy atom. The number of carbonyl (C=O) groups excluding carboxylic acids is 3. The van der Waals surface area contributed by atoms with E-state index in [0.29, 0.717) is 16.3 Å². The van der Waals surface area contributed by atoms with Crippen LogP contribution in [0.5, 0.6) is 0 Å². The van der Waals surface area contributed by atoms with Gasteiger partial charge in [-0.1, -0.05) is 30.0 Å². The van der Waals surface area contributed by atoms with E-state index in [1.54, 1.807) is 30.3 Å². The van der Waals surface area contributed by atoms with E-state index in [1.165, 1.54) is 17.4 Å². The van der Waals surface area contributed by atoms with Gasteiger partial charge in [0.15, 0.2) is 11.6 Å². The van der Waals surface area contributed by atoms with E-state index in [1.807, 2.05) is 6.07 Å². The highest BCUT2D eigenvalue weighted by molar-refractivity contribution is 6.19. The van der Waals surface area contributed by atoms with Gasteiger partial charge in [0.25, 0.3) is 5.91 Å². The SMILES string of the molecule is O=C1C2CC(=O)N(c3c(F)cc(C#Cc4ccccc4)cc3F)C(=O)N2CCN1c1ccncn1. The monoisotopic (exact) mass is 473 g/mol. The Labute approximate surface area is 198 Å². The number of hydrogen-bond acceptors (Lipinski definition) is 5. The third-order valence-corrected chi connectivity index (χ3v) is 5.75. The first-order valence-corrected chi connectivity index (χ1v) is 10.7. The minimum Gasteiger partial charge on any atom is -0.310 e. The highest BCUT2D eigenvalue weighted by Crippen LogP contribution is 2.32. The van der Waals surface area contributed by atoms with Crippen LogP contribution in [-0.4, -0.2) is 51.8 Å². The predicted molar refractivity (Wildman–Crippen MR) is 121 cm³/mol. The van der Waals surface area contributed by atoms with Gasteiger partial charge in [-0.2, -0.15) is 0 Å². The zero-order chi connectivity index (χ0) is 24.5. The molecular formula is C25H17F2N5O3. The van der Waals surface area contributed by atoms with Crippen molar-refractivity contribution >= 4 is 29.4 Å². The maximum Gasteiger partial charge on any atom is 0.332 e. The first-order chi connectivity index (χ1) is 16.9. The molecule has 5 rings (SSSR count). The molecular weight excluding hydrogens is 456 g/mol. The molecule has 0 spiro atoms. The van der Waals surface area contributed by atoms with Gasteiger partial charge in [-0.25, -0.2) is 28.4 Å². The Kier molecular flexibility index (Phi) is 5.66. The van der Waals surface area contributed by atoms with Crippen LogP contribution in [0.15, 0.2) is 61.1 Å². The molecule has 1 atom stereocenters. The molecule has 2 fully saturated rings. The number of hydrogen-bond donors (Lipinski definition) is 0. The van der Waals surface area contributed by atoms with E-state index in [4.69, 9.17) is 0 Å². The first-order valence-electron chi connectivity index (χ1n) is 10.7. The summed E-state index contributed by atoms with van der Waals surface area (Å²) >= 11 is 0. The first kappa shape index (κ1) is 22.2. The lowest BCUT2D eigenvalue weighted by Crippen LogP contribution is -2.66. The van der Waals surface area contributed by atoms with Crippen LogP contribution in [0.25, 0.3) is 0 Å². The van der Waals surface area contributed by atoms with Gasteiger partial charge in [0.05, 0.1) is 6.42 Å². The van der Waals surface area contributed by atoms with Crippen molar-refractivity contribution in [3.63, 3.8) is 0 Å². The molecule has 2 aliphatic rings. The number of amides is 4. The summed E-state index contributed by atoms with van der Waals surface area (Å²) in [5.74, 6) is 2.24. The van der Waals surface area contributed by atoms with Gasteiger partial charge in [0, 0.05) is 30.4 Å². The molecule has 0 radical (unpaired) electrons. The summed E-state index contributed by atoms with van der Waals surface area (Å²) in [5, 5.41) is 0. The molecule has 2 saturated heterocycles. The van der Waals surface area contributed by atoms with Crippen LogP contribution in [0.1, 0.15) is 17.5 Å². The third-order valence-electron chi connectivity index (χ3n) is 5.75. The molecule has 0 saturated carbocycles. The molecule has 2 aliphatic heterocycles. The van der Waals surface area contributed by atoms with E-state index < -0.39 is 47.6 Å². The molecule has 2 aromatic carbocycles. The number of benzene rings is 2. The van der Waals surface area contributed by atoms with E-state index in [2.05, 4.69) is 21.8 Å². The van der Waals surface area contributed by atoms with E-state index in [-0.39, 0.29) is 18.7 Å². The zero-order valence-corrected chi connectivity index (χ0v) is 18.2. The number of urea groups is 1. The fourth-order valence-corrected chi connectivity index (χ4v) is 4.11. The van der Waals surface area contributed by atoms with Crippen LogP contribution in [0.3, 0.4) is 0 Å². The van der Waals surface area contributed by atoms with Gasteiger partial charge in [0.1, 0.15) is 23.9 Å². The number of nitrogens with zero attached hydrogens (tertiary/aromatic N) is 5. The summed E-state index contributed by atoms with van der Waals surface area (Å²) in [6, 6.07) is 10.3. The average molecular weight is 473 g/mol. The van der Waals surface area contributed by atoms with E-state index in [9.17, 15) is 23.2 Å². The number of rotatable bonds is 2. The van der Waals surface area contributed by atoms with Crippen molar-refractivity contribution in [1.82, 2.24) is 14.9 Å². The van der Waals surface area contributed by atoms with Crippen LogP contribution in [-0.2, 0) is 9.59 Å². The lowest BCUT2D eigenvalue weighted by atomic mass is 10.0. The van der Waals surface area contributed by atoms with Crippen LogP contribution >= 0.6 is 0 Å². The van der Waals surface area contributed by atoms with Crippen LogP contribution in [0.2, 0.25) is 0 Å². The standard InChI is InChI=1S/C25H17F2N5O3/c26-18-12-17(7-6-16-4-2-1-3-5-16)13-19(27)23(18)32-22(33)14-20-24(34)31(11-10-30(20)25(32)35)21-8-9-28-15-29-21/h1-5,8-9,12-13,15,20H,10-11,14H2. The minimum atomic E-state index is -1.10. The van der Waals surface area contributed by atoms with Gasteiger partial charge < -0.3 is 4.90 Å². The number of halogens is 2. The van der Waals surface area contributed by atoms with Crippen molar-refractivity contribution in [3.05, 3.63) is 83.8 Å². The minimum absolute atomic E-state index is 0.0519. The quantitative estimate of drug-likeness (QED) is 0.535. The second kappa shape index (κ2) is 8.95.